The third-order valence-corrected chi connectivity index (χ3v) is 6.05. The van der Waals surface area contributed by atoms with Crippen molar-refractivity contribution in [1.29, 1.82) is 0 Å². The molecule has 0 saturated heterocycles. The van der Waals surface area contributed by atoms with Crippen molar-refractivity contribution in [2.24, 2.45) is 5.73 Å². The third kappa shape index (κ3) is 4.49. The van der Waals surface area contributed by atoms with Crippen molar-refractivity contribution < 1.29 is 4.74 Å². The van der Waals surface area contributed by atoms with Crippen LogP contribution in [0, 0.1) is 0 Å². The molecule has 154 valence electrons. The van der Waals surface area contributed by atoms with E-state index in [-0.39, 0.29) is 0 Å². The third-order valence-electron chi connectivity index (χ3n) is 5.23. The topological polar surface area (TPSA) is 51.0 Å². The van der Waals surface area contributed by atoms with Crippen LogP contribution in [0.15, 0.2) is 66.7 Å². The van der Waals surface area contributed by atoms with Gasteiger partial charge in [-0.15, -0.1) is 0 Å². The van der Waals surface area contributed by atoms with E-state index in [1.807, 2.05) is 36.4 Å². The van der Waals surface area contributed by atoms with Gasteiger partial charge in [0, 0.05) is 16.5 Å². The number of aryl methyl sites for hydroxylation is 1. The lowest BCUT2D eigenvalue weighted by Gasteiger charge is -2.09. The Morgan fingerprint density at radius 2 is 1.73 bits per heavy atom. The first-order valence-corrected chi connectivity index (χ1v) is 10.9. The number of aromatic amines is 1. The van der Waals surface area contributed by atoms with E-state index in [1.54, 1.807) is 6.07 Å². The van der Waals surface area contributed by atoms with Crippen molar-refractivity contribution in [3.8, 4) is 17.0 Å². The second kappa shape index (κ2) is 9.57. The zero-order valence-electron chi connectivity index (χ0n) is 16.6. The molecule has 0 atom stereocenters. The predicted molar refractivity (Wildman–Crippen MR) is 127 cm³/mol. The highest BCUT2D eigenvalue weighted by Crippen LogP contribution is 2.39. The summed E-state index contributed by atoms with van der Waals surface area (Å²) in [4.78, 5) is 3.55. The van der Waals surface area contributed by atoms with Crippen molar-refractivity contribution in [3.63, 3.8) is 0 Å². The van der Waals surface area contributed by atoms with E-state index in [0.29, 0.717) is 23.2 Å². The van der Waals surface area contributed by atoms with Crippen molar-refractivity contribution in [3.05, 3.63) is 87.9 Å². The van der Waals surface area contributed by atoms with Gasteiger partial charge in [-0.1, -0.05) is 65.7 Å². The number of nitrogens with two attached hydrogens (primary N) is 1. The van der Waals surface area contributed by atoms with Gasteiger partial charge in [-0.05, 0) is 61.2 Å². The number of fused-ring (bicyclic) bond motifs is 1. The molecule has 5 heteroatoms. The number of aromatic nitrogens is 1. The van der Waals surface area contributed by atoms with Crippen LogP contribution in [0.4, 0.5) is 0 Å². The van der Waals surface area contributed by atoms with Gasteiger partial charge in [0.2, 0.25) is 0 Å². The average Bonchev–Trinajstić information content (AvgIpc) is 3.13. The molecule has 0 amide bonds. The van der Waals surface area contributed by atoms with E-state index in [1.165, 1.54) is 5.56 Å². The van der Waals surface area contributed by atoms with E-state index in [9.17, 15) is 0 Å². The summed E-state index contributed by atoms with van der Waals surface area (Å²) in [5.74, 6) is 0.842. The number of rotatable bonds is 8. The number of halogens is 2. The summed E-state index contributed by atoms with van der Waals surface area (Å²) in [7, 11) is 0. The van der Waals surface area contributed by atoms with Crippen LogP contribution < -0.4 is 10.5 Å². The predicted octanol–water partition coefficient (Wildman–Crippen LogP) is 7.00. The molecule has 0 unspecified atom stereocenters. The van der Waals surface area contributed by atoms with Crippen LogP contribution in [-0.2, 0) is 13.0 Å². The molecule has 30 heavy (non-hydrogen) atoms. The Kier molecular flexibility index (Phi) is 6.63. The molecule has 0 aliphatic carbocycles. The van der Waals surface area contributed by atoms with Gasteiger partial charge >= 0.3 is 0 Å². The molecular formula is C25H24Cl2N2O. The Morgan fingerprint density at radius 1 is 0.900 bits per heavy atom. The van der Waals surface area contributed by atoms with Gasteiger partial charge < -0.3 is 15.5 Å². The maximum atomic E-state index is 6.54. The van der Waals surface area contributed by atoms with Crippen LogP contribution >= 0.6 is 23.2 Å². The molecule has 1 aromatic heterocycles. The van der Waals surface area contributed by atoms with Crippen molar-refractivity contribution in [1.82, 2.24) is 4.98 Å². The Labute approximate surface area is 186 Å². The Balaban J connectivity index is 1.72. The summed E-state index contributed by atoms with van der Waals surface area (Å²) in [6.07, 6.45) is 2.88. The van der Waals surface area contributed by atoms with Crippen molar-refractivity contribution in [2.75, 3.05) is 6.54 Å². The molecule has 4 aromatic rings. The van der Waals surface area contributed by atoms with Gasteiger partial charge in [0.15, 0.2) is 0 Å². The van der Waals surface area contributed by atoms with Crippen LogP contribution in [0.1, 0.15) is 24.0 Å². The second-order valence-electron chi connectivity index (χ2n) is 7.31. The van der Waals surface area contributed by atoms with E-state index in [4.69, 9.17) is 33.7 Å². The van der Waals surface area contributed by atoms with Gasteiger partial charge in [0.1, 0.15) is 12.4 Å². The molecule has 0 radical (unpaired) electrons. The van der Waals surface area contributed by atoms with Gasteiger partial charge in [0.25, 0.3) is 0 Å². The van der Waals surface area contributed by atoms with Gasteiger partial charge in [-0.3, -0.25) is 0 Å². The monoisotopic (exact) mass is 438 g/mol. The molecule has 0 fully saturated rings. The first-order chi connectivity index (χ1) is 14.7. The summed E-state index contributed by atoms with van der Waals surface area (Å²) < 4.78 is 6.06. The minimum Gasteiger partial charge on any atom is -0.489 e. The smallest absolute Gasteiger partial charge is 0.120 e. The fourth-order valence-electron chi connectivity index (χ4n) is 3.69. The zero-order valence-corrected chi connectivity index (χ0v) is 18.1. The minimum atomic E-state index is 0.534. The number of H-pyrrole nitrogens is 1. The number of benzene rings is 3. The molecule has 0 saturated carbocycles. The molecule has 3 N–H and O–H groups in total. The fourth-order valence-corrected chi connectivity index (χ4v) is 4.09. The van der Waals surface area contributed by atoms with Crippen LogP contribution in [0.5, 0.6) is 5.75 Å². The SMILES string of the molecule is NCCCCc1c(-c2cccc(Cl)c2Cl)[nH]c2ccc(OCc3ccccc3)cc12. The van der Waals surface area contributed by atoms with Gasteiger partial charge in [0.05, 0.1) is 15.7 Å². The van der Waals surface area contributed by atoms with E-state index >= 15 is 0 Å². The van der Waals surface area contributed by atoms with Crippen molar-refractivity contribution >= 4 is 34.1 Å². The summed E-state index contributed by atoms with van der Waals surface area (Å²) in [5.41, 5.74) is 11.1. The quantitative estimate of drug-likeness (QED) is 0.290. The van der Waals surface area contributed by atoms with Gasteiger partial charge in [-0.25, -0.2) is 0 Å². The Hall–Kier alpha value is -2.46. The van der Waals surface area contributed by atoms with E-state index in [0.717, 1.165) is 52.7 Å². The Bertz CT molecular complexity index is 1140. The maximum Gasteiger partial charge on any atom is 0.120 e. The highest BCUT2D eigenvalue weighted by atomic mass is 35.5. The fraction of sp³-hybridized carbons (Fsp3) is 0.200. The standard InChI is InChI=1S/C25H24Cl2N2O/c26-22-11-6-10-20(24(22)27)25-19(9-4-5-14-28)21-15-18(12-13-23(21)29-25)30-16-17-7-2-1-3-8-17/h1-3,6-8,10-13,15,29H,4-5,9,14,16,28H2. The molecule has 3 nitrogen and oxygen atoms in total. The first-order valence-electron chi connectivity index (χ1n) is 10.1. The molecule has 1 heterocycles. The highest BCUT2D eigenvalue weighted by Gasteiger charge is 2.17. The number of unbranched alkanes of at least 4 members (excludes halogenated alkanes) is 1. The summed E-state index contributed by atoms with van der Waals surface area (Å²) in [5, 5.41) is 2.25. The number of ether oxygens (including phenoxy) is 1. The highest BCUT2D eigenvalue weighted by molar-refractivity contribution is 6.43. The summed E-state index contributed by atoms with van der Waals surface area (Å²) in [6.45, 7) is 1.22. The maximum absolute atomic E-state index is 6.54. The Morgan fingerprint density at radius 3 is 2.53 bits per heavy atom. The summed E-state index contributed by atoms with van der Waals surface area (Å²) in [6, 6.07) is 22.1. The second-order valence-corrected chi connectivity index (χ2v) is 8.09. The van der Waals surface area contributed by atoms with E-state index < -0.39 is 0 Å². The lowest BCUT2D eigenvalue weighted by Crippen LogP contribution is -1.99. The molecule has 0 bridgehead atoms. The number of hydrogen-bond donors (Lipinski definition) is 2. The molecule has 4 rings (SSSR count). The first kappa shape index (κ1) is 20.8. The van der Waals surface area contributed by atoms with Crippen LogP contribution in [-0.4, -0.2) is 11.5 Å². The summed E-state index contributed by atoms with van der Waals surface area (Å²) >= 11 is 12.8. The van der Waals surface area contributed by atoms with Crippen molar-refractivity contribution in [2.45, 2.75) is 25.9 Å². The number of nitrogens with one attached hydrogen (secondary N) is 1. The molecule has 3 aromatic carbocycles. The average molecular weight is 439 g/mol. The molecule has 0 aliphatic rings. The lowest BCUT2D eigenvalue weighted by molar-refractivity contribution is 0.306. The van der Waals surface area contributed by atoms with Crippen LogP contribution in [0.3, 0.4) is 0 Å². The molecular weight excluding hydrogens is 415 g/mol. The largest absolute Gasteiger partial charge is 0.489 e. The minimum absolute atomic E-state index is 0.534. The molecule has 0 aliphatic heterocycles. The van der Waals surface area contributed by atoms with E-state index in [2.05, 4.69) is 29.2 Å². The van der Waals surface area contributed by atoms with Crippen LogP contribution in [0.25, 0.3) is 22.2 Å². The zero-order chi connectivity index (χ0) is 20.9. The normalized spacial score (nSPS) is 11.2. The van der Waals surface area contributed by atoms with Gasteiger partial charge in [-0.2, -0.15) is 0 Å². The lowest BCUT2D eigenvalue weighted by atomic mass is 10.00. The number of hydrogen-bond acceptors (Lipinski definition) is 2. The van der Waals surface area contributed by atoms with Crippen LogP contribution in [0.2, 0.25) is 10.0 Å². The molecule has 0 spiro atoms.